The first-order valence-corrected chi connectivity index (χ1v) is 5.65. The smallest absolute Gasteiger partial charge is 0.122 e. The van der Waals surface area contributed by atoms with E-state index in [0.29, 0.717) is 6.61 Å². The summed E-state index contributed by atoms with van der Waals surface area (Å²) >= 11 is 0. The Hall–Kier alpha value is -1.06. The first kappa shape index (κ1) is 13.0. The topological polar surface area (TPSA) is 41.5 Å². The zero-order chi connectivity index (χ0) is 12.0. The van der Waals surface area contributed by atoms with E-state index < -0.39 is 0 Å². The van der Waals surface area contributed by atoms with Crippen molar-refractivity contribution in [1.82, 2.24) is 5.32 Å². The van der Waals surface area contributed by atoms with E-state index in [9.17, 15) is 5.11 Å². The lowest BCUT2D eigenvalue weighted by atomic mass is 10.1. The largest absolute Gasteiger partial charge is 0.491 e. The van der Waals surface area contributed by atoms with Gasteiger partial charge in [0.15, 0.2) is 0 Å². The van der Waals surface area contributed by atoms with Gasteiger partial charge in [-0.25, -0.2) is 0 Å². The van der Waals surface area contributed by atoms with Crippen LogP contribution < -0.4 is 10.1 Å². The van der Waals surface area contributed by atoms with Gasteiger partial charge in [-0.2, -0.15) is 0 Å². The highest BCUT2D eigenvalue weighted by Crippen LogP contribution is 2.17. The monoisotopic (exact) mass is 223 g/mol. The predicted molar refractivity (Wildman–Crippen MR) is 65.8 cm³/mol. The maximum Gasteiger partial charge on any atom is 0.122 e. The number of rotatable bonds is 6. The Balaban J connectivity index is 2.59. The molecule has 0 saturated heterocycles. The molecular formula is C13H21NO2. The lowest BCUT2D eigenvalue weighted by Gasteiger charge is -2.28. The zero-order valence-electron chi connectivity index (χ0n) is 10.3. The predicted octanol–water partition coefficient (Wildman–Crippen LogP) is 1.73. The van der Waals surface area contributed by atoms with Crippen molar-refractivity contribution in [3.8, 4) is 5.75 Å². The third-order valence-corrected chi connectivity index (χ3v) is 2.59. The van der Waals surface area contributed by atoms with Crippen LogP contribution in [0.5, 0.6) is 5.75 Å². The molecule has 3 nitrogen and oxygen atoms in total. The highest BCUT2D eigenvalue weighted by molar-refractivity contribution is 5.31. The number of aliphatic hydroxyl groups excluding tert-OH is 1. The number of hydrogen-bond acceptors (Lipinski definition) is 3. The highest BCUT2D eigenvalue weighted by Gasteiger charge is 2.22. The Kier molecular flexibility index (Phi) is 4.77. The minimum Gasteiger partial charge on any atom is -0.491 e. The summed E-state index contributed by atoms with van der Waals surface area (Å²) in [5.74, 6) is 0.875. The average molecular weight is 223 g/mol. The van der Waals surface area contributed by atoms with E-state index in [4.69, 9.17) is 4.74 Å². The Labute approximate surface area is 97.4 Å². The molecule has 0 radical (unpaired) electrons. The standard InChI is InChI=1S/C13H21NO2/c1-4-14-13(3,9-15)10-16-12-8-6-5-7-11(12)2/h5-8,14-15H,4,9-10H2,1-3H3. The normalized spacial score (nSPS) is 14.5. The van der Waals surface area contributed by atoms with Crippen molar-refractivity contribution < 1.29 is 9.84 Å². The summed E-state index contributed by atoms with van der Waals surface area (Å²) in [6, 6.07) is 7.89. The van der Waals surface area contributed by atoms with Crippen LogP contribution in [0.3, 0.4) is 0 Å². The van der Waals surface area contributed by atoms with Crippen LogP contribution >= 0.6 is 0 Å². The molecule has 16 heavy (non-hydrogen) atoms. The second-order valence-corrected chi connectivity index (χ2v) is 4.30. The molecule has 0 bridgehead atoms. The molecule has 0 heterocycles. The molecule has 1 aromatic rings. The van der Waals surface area contributed by atoms with Crippen LogP contribution in [0.4, 0.5) is 0 Å². The molecular weight excluding hydrogens is 202 g/mol. The van der Waals surface area contributed by atoms with Gasteiger partial charge in [-0.15, -0.1) is 0 Å². The zero-order valence-corrected chi connectivity index (χ0v) is 10.3. The fraction of sp³-hybridized carbons (Fsp3) is 0.538. The van der Waals surface area contributed by atoms with E-state index in [1.54, 1.807) is 0 Å². The van der Waals surface area contributed by atoms with E-state index in [1.165, 1.54) is 0 Å². The third-order valence-electron chi connectivity index (χ3n) is 2.59. The number of para-hydroxylation sites is 1. The van der Waals surface area contributed by atoms with E-state index >= 15 is 0 Å². The summed E-state index contributed by atoms with van der Waals surface area (Å²) in [6.45, 7) is 7.32. The van der Waals surface area contributed by atoms with Gasteiger partial charge in [0.05, 0.1) is 12.1 Å². The van der Waals surface area contributed by atoms with Gasteiger partial charge in [-0.05, 0) is 32.0 Å². The number of likely N-dealkylation sites (N-methyl/N-ethyl adjacent to an activating group) is 1. The number of aryl methyl sites for hydroxylation is 1. The van der Waals surface area contributed by atoms with E-state index in [1.807, 2.05) is 45.0 Å². The van der Waals surface area contributed by atoms with E-state index in [-0.39, 0.29) is 12.1 Å². The van der Waals surface area contributed by atoms with Crippen LogP contribution in [0.1, 0.15) is 19.4 Å². The van der Waals surface area contributed by atoms with Crippen molar-refractivity contribution in [2.75, 3.05) is 19.8 Å². The molecule has 0 aliphatic heterocycles. The van der Waals surface area contributed by atoms with Crippen LogP contribution in [0.2, 0.25) is 0 Å². The van der Waals surface area contributed by atoms with Crippen molar-refractivity contribution in [3.63, 3.8) is 0 Å². The Morgan fingerprint density at radius 1 is 1.38 bits per heavy atom. The van der Waals surface area contributed by atoms with Crippen LogP contribution in [-0.4, -0.2) is 30.4 Å². The van der Waals surface area contributed by atoms with Crippen molar-refractivity contribution in [2.45, 2.75) is 26.3 Å². The van der Waals surface area contributed by atoms with E-state index in [2.05, 4.69) is 5.32 Å². The summed E-state index contributed by atoms with van der Waals surface area (Å²) in [4.78, 5) is 0. The molecule has 3 heteroatoms. The molecule has 1 rings (SSSR count). The molecule has 0 saturated carbocycles. The molecule has 2 N–H and O–H groups in total. The first-order chi connectivity index (χ1) is 7.61. The number of aliphatic hydroxyl groups is 1. The molecule has 0 amide bonds. The quantitative estimate of drug-likeness (QED) is 0.772. The molecule has 0 aliphatic rings. The molecule has 1 aromatic carbocycles. The number of hydrogen-bond donors (Lipinski definition) is 2. The van der Waals surface area contributed by atoms with Gasteiger partial charge in [0.25, 0.3) is 0 Å². The van der Waals surface area contributed by atoms with Crippen LogP contribution in [0.25, 0.3) is 0 Å². The Bertz CT molecular complexity index is 327. The summed E-state index contributed by atoms with van der Waals surface area (Å²) in [6.07, 6.45) is 0. The van der Waals surface area contributed by atoms with E-state index in [0.717, 1.165) is 17.9 Å². The number of ether oxygens (including phenoxy) is 1. The molecule has 1 unspecified atom stereocenters. The number of nitrogens with one attached hydrogen (secondary N) is 1. The second-order valence-electron chi connectivity index (χ2n) is 4.30. The highest BCUT2D eigenvalue weighted by atomic mass is 16.5. The lowest BCUT2D eigenvalue weighted by molar-refractivity contribution is 0.117. The summed E-state index contributed by atoms with van der Waals surface area (Å²) in [7, 11) is 0. The van der Waals surface area contributed by atoms with Crippen molar-refractivity contribution in [2.24, 2.45) is 0 Å². The van der Waals surface area contributed by atoms with Gasteiger partial charge in [0.1, 0.15) is 12.4 Å². The Morgan fingerprint density at radius 2 is 2.06 bits per heavy atom. The molecule has 0 aliphatic carbocycles. The minimum atomic E-state index is -0.378. The fourth-order valence-electron chi connectivity index (χ4n) is 1.53. The third kappa shape index (κ3) is 3.51. The molecule has 90 valence electrons. The maximum atomic E-state index is 9.32. The van der Waals surface area contributed by atoms with Gasteiger partial charge in [-0.1, -0.05) is 25.1 Å². The first-order valence-electron chi connectivity index (χ1n) is 5.65. The van der Waals surface area contributed by atoms with Gasteiger partial charge >= 0.3 is 0 Å². The molecule has 1 atom stereocenters. The van der Waals surface area contributed by atoms with Gasteiger partial charge in [-0.3, -0.25) is 0 Å². The Morgan fingerprint density at radius 3 is 2.62 bits per heavy atom. The lowest BCUT2D eigenvalue weighted by Crippen LogP contribution is -2.50. The fourth-order valence-corrected chi connectivity index (χ4v) is 1.53. The van der Waals surface area contributed by atoms with Gasteiger partial charge in [0.2, 0.25) is 0 Å². The van der Waals surface area contributed by atoms with Crippen LogP contribution in [-0.2, 0) is 0 Å². The van der Waals surface area contributed by atoms with Crippen LogP contribution in [0, 0.1) is 6.92 Å². The SMILES string of the molecule is CCNC(C)(CO)COc1ccccc1C. The molecule has 0 aromatic heterocycles. The summed E-state index contributed by atoms with van der Waals surface area (Å²) in [5, 5.41) is 12.5. The second kappa shape index (κ2) is 5.87. The van der Waals surface area contributed by atoms with Gasteiger partial charge < -0.3 is 15.2 Å². The minimum absolute atomic E-state index is 0.0622. The van der Waals surface area contributed by atoms with Crippen molar-refractivity contribution in [3.05, 3.63) is 29.8 Å². The van der Waals surface area contributed by atoms with Crippen molar-refractivity contribution in [1.29, 1.82) is 0 Å². The average Bonchev–Trinajstić information content (AvgIpc) is 2.28. The maximum absolute atomic E-state index is 9.32. The molecule has 0 fully saturated rings. The molecule has 0 spiro atoms. The summed E-state index contributed by atoms with van der Waals surface area (Å²) < 4.78 is 5.72. The summed E-state index contributed by atoms with van der Waals surface area (Å²) in [5.41, 5.74) is 0.733. The number of benzene rings is 1. The van der Waals surface area contributed by atoms with Crippen LogP contribution in [0.15, 0.2) is 24.3 Å². The van der Waals surface area contributed by atoms with Gasteiger partial charge in [0, 0.05) is 0 Å². The van der Waals surface area contributed by atoms with Crippen molar-refractivity contribution >= 4 is 0 Å².